The van der Waals surface area contributed by atoms with E-state index >= 15 is 0 Å². The number of hydrogen-bond donors (Lipinski definition) is 1. The smallest absolute Gasteiger partial charge is 0.0770 e. The first kappa shape index (κ1) is 16.7. The summed E-state index contributed by atoms with van der Waals surface area (Å²) in [4.78, 5) is 0. The molecule has 3 nitrogen and oxygen atoms in total. The molecule has 0 saturated heterocycles. The van der Waals surface area contributed by atoms with Crippen molar-refractivity contribution >= 4 is 31.9 Å². The molecule has 0 saturated carbocycles. The molecule has 0 fully saturated rings. The maximum atomic E-state index is 4.50. The summed E-state index contributed by atoms with van der Waals surface area (Å²) in [5.74, 6) is 0. The highest BCUT2D eigenvalue weighted by Gasteiger charge is 2.22. The van der Waals surface area contributed by atoms with Crippen molar-refractivity contribution in [2.75, 3.05) is 6.54 Å². The van der Waals surface area contributed by atoms with Crippen LogP contribution in [-0.4, -0.2) is 16.3 Å². The van der Waals surface area contributed by atoms with Gasteiger partial charge >= 0.3 is 0 Å². The van der Waals surface area contributed by atoms with Gasteiger partial charge in [0.15, 0.2) is 0 Å². The van der Waals surface area contributed by atoms with Crippen molar-refractivity contribution in [3.05, 3.63) is 50.7 Å². The van der Waals surface area contributed by atoms with Gasteiger partial charge in [-0.1, -0.05) is 48.0 Å². The zero-order valence-electron chi connectivity index (χ0n) is 12.4. The first-order chi connectivity index (χ1) is 10.2. The molecule has 0 aliphatic heterocycles. The Labute approximate surface area is 143 Å². The number of hydrogen-bond acceptors (Lipinski definition) is 2. The molecule has 0 aliphatic rings. The second kappa shape index (κ2) is 8.11. The molecule has 1 heterocycles. The molecule has 1 unspecified atom stereocenters. The molecule has 2 rings (SSSR count). The molecule has 0 bridgehead atoms. The Bertz CT molecular complexity index is 581. The molecule has 1 aromatic carbocycles. The van der Waals surface area contributed by atoms with E-state index < -0.39 is 0 Å². The van der Waals surface area contributed by atoms with Crippen LogP contribution < -0.4 is 5.32 Å². The van der Waals surface area contributed by atoms with Gasteiger partial charge in [0.1, 0.15) is 0 Å². The minimum absolute atomic E-state index is 0.129. The molecule has 1 atom stereocenters. The highest BCUT2D eigenvalue weighted by Crippen LogP contribution is 2.32. The van der Waals surface area contributed by atoms with Crippen molar-refractivity contribution in [1.29, 1.82) is 0 Å². The predicted octanol–water partition coefficient (Wildman–Crippen LogP) is 4.91. The fraction of sp³-hybridized carbons (Fsp3) is 0.438. The van der Waals surface area contributed by atoms with Gasteiger partial charge in [0.05, 0.1) is 22.4 Å². The summed E-state index contributed by atoms with van der Waals surface area (Å²) in [7, 11) is 0. The van der Waals surface area contributed by atoms with Gasteiger partial charge in [-0.25, -0.2) is 0 Å². The van der Waals surface area contributed by atoms with Crippen LogP contribution in [0.1, 0.15) is 44.0 Å². The van der Waals surface area contributed by atoms with Crippen LogP contribution in [0.25, 0.3) is 0 Å². The summed E-state index contributed by atoms with van der Waals surface area (Å²) >= 11 is 7.34. The van der Waals surface area contributed by atoms with E-state index in [2.05, 4.69) is 79.0 Å². The third kappa shape index (κ3) is 3.96. The number of benzene rings is 1. The lowest BCUT2D eigenvalue weighted by molar-refractivity contribution is 0.509. The van der Waals surface area contributed by atoms with E-state index in [0.717, 1.165) is 34.9 Å². The Morgan fingerprint density at radius 3 is 2.57 bits per heavy atom. The fourth-order valence-corrected chi connectivity index (χ4v) is 3.44. The zero-order chi connectivity index (χ0) is 15.2. The first-order valence-corrected chi connectivity index (χ1v) is 8.96. The molecule has 2 aromatic rings. The third-order valence-electron chi connectivity index (χ3n) is 3.36. The van der Waals surface area contributed by atoms with Gasteiger partial charge in [0.25, 0.3) is 0 Å². The lowest BCUT2D eigenvalue weighted by Gasteiger charge is -2.22. The van der Waals surface area contributed by atoms with Crippen molar-refractivity contribution in [2.24, 2.45) is 0 Å². The van der Waals surface area contributed by atoms with Gasteiger partial charge in [-0.05, 0) is 46.9 Å². The van der Waals surface area contributed by atoms with Gasteiger partial charge in [-0.3, -0.25) is 4.68 Å². The Balaban J connectivity index is 2.45. The van der Waals surface area contributed by atoms with Crippen LogP contribution in [0.15, 0.2) is 39.4 Å². The maximum Gasteiger partial charge on any atom is 0.0770 e. The van der Waals surface area contributed by atoms with E-state index in [1.165, 1.54) is 11.3 Å². The second-order valence-electron chi connectivity index (χ2n) is 5.01. The average Bonchev–Trinajstić information content (AvgIpc) is 2.83. The number of aryl methyl sites for hydroxylation is 1. The summed E-state index contributed by atoms with van der Waals surface area (Å²) in [6, 6.07) is 8.50. The maximum absolute atomic E-state index is 4.50. The summed E-state index contributed by atoms with van der Waals surface area (Å²) in [6.07, 6.45) is 4.06. The highest BCUT2D eigenvalue weighted by atomic mass is 79.9. The van der Waals surface area contributed by atoms with E-state index in [9.17, 15) is 0 Å². The minimum Gasteiger partial charge on any atom is -0.305 e. The predicted molar refractivity (Wildman–Crippen MR) is 94.5 cm³/mol. The SMILES string of the molecule is CCCNC(c1ccccc1Br)c1c(Br)cnn1CCC. The summed E-state index contributed by atoms with van der Waals surface area (Å²) in [6.45, 7) is 6.25. The van der Waals surface area contributed by atoms with Gasteiger partial charge in [-0.2, -0.15) is 5.10 Å². The standard InChI is InChI=1S/C16H21Br2N3/c1-3-9-19-15(12-7-5-6-8-13(12)17)16-14(18)11-20-21(16)10-4-2/h5-8,11,15,19H,3-4,9-10H2,1-2H3. The van der Waals surface area contributed by atoms with Crippen LogP contribution in [0.2, 0.25) is 0 Å². The Hall–Kier alpha value is -0.650. The topological polar surface area (TPSA) is 29.9 Å². The Morgan fingerprint density at radius 2 is 1.90 bits per heavy atom. The number of halogens is 2. The lowest BCUT2D eigenvalue weighted by Crippen LogP contribution is -2.26. The van der Waals surface area contributed by atoms with Crippen molar-refractivity contribution in [1.82, 2.24) is 15.1 Å². The van der Waals surface area contributed by atoms with E-state index in [-0.39, 0.29) is 6.04 Å². The summed E-state index contributed by atoms with van der Waals surface area (Å²) < 4.78 is 4.27. The Morgan fingerprint density at radius 1 is 1.14 bits per heavy atom. The zero-order valence-corrected chi connectivity index (χ0v) is 15.6. The van der Waals surface area contributed by atoms with Gasteiger partial charge in [0, 0.05) is 11.0 Å². The fourth-order valence-electron chi connectivity index (χ4n) is 2.40. The molecule has 0 radical (unpaired) electrons. The van der Waals surface area contributed by atoms with Crippen LogP contribution in [0, 0.1) is 0 Å². The first-order valence-electron chi connectivity index (χ1n) is 7.38. The monoisotopic (exact) mass is 413 g/mol. The van der Waals surface area contributed by atoms with Crippen molar-refractivity contribution in [3.63, 3.8) is 0 Å². The van der Waals surface area contributed by atoms with Crippen molar-refractivity contribution in [3.8, 4) is 0 Å². The molecule has 5 heteroatoms. The third-order valence-corrected chi connectivity index (χ3v) is 4.69. The summed E-state index contributed by atoms with van der Waals surface area (Å²) in [5.41, 5.74) is 2.43. The number of nitrogens with one attached hydrogen (secondary N) is 1. The molecule has 0 spiro atoms. The molecular weight excluding hydrogens is 394 g/mol. The second-order valence-corrected chi connectivity index (χ2v) is 6.72. The minimum atomic E-state index is 0.129. The number of rotatable bonds is 7. The van der Waals surface area contributed by atoms with E-state index in [1.54, 1.807) is 0 Å². The van der Waals surface area contributed by atoms with E-state index in [1.807, 2.05) is 12.3 Å². The summed E-state index contributed by atoms with van der Waals surface area (Å²) in [5, 5.41) is 8.15. The molecule has 1 N–H and O–H groups in total. The molecule has 114 valence electrons. The quantitative estimate of drug-likeness (QED) is 0.697. The molecular formula is C16H21Br2N3. The number of nitrogens with zero attached hydrogens (tertiary/aromatic N) is 2. The van der Waals surface area contributed by atoms with E-state index in [0.29, 0.717) is 0 Å². The van der Waals surface area contributed by atoms with Gasteiger partial charge in [0.2, 0.25) is 0 Å². The van der Waals surface area contributed by atoms with Crippen LogP contribution in [0.4, 0.5) is 0 Å². The van der Waals surface area contributed by atoms with Gasteiger partial charge < -0.3 is 5.32 Å². The lowest BCUT2D eigenvalue weighted by atomic mass is 10.0. The van der Waals surface area contributed by atoms with Crippen LogP contribution in [0.5, 0.6) is 0 Å². The van der Waals surface area contributed by atoms with Gasteiger partial charge in [-0.15, -0.1) is 0 Å². The normalized spacial score (nSPS) is 12.6. The highest BCUT2D eigenvalue weighted by molar-refractivity contribution is 9.10. The Kier molecular flexibility index (Phi) is 6.45. The molecule has 1 aromatic heterocycles. The van der Waals surface area contributed by atoms with Crippen LogP contribution >= 0.6 is 31.9 Å². The average molecular weight is 415 g/mol. The van der Waals surface area contributed by atoms with Crippen molar-refractivity contribution < 1.29 is 0 Å². The molecule has 21 heavy (non-hydrogen) atoms. The molecule has 0 amide bonds. The van der Waals surface area contributed by atoms with Crippen molar-refractivity contribution in [2.45, 2.75) is 39.3 Å². The molecule has 0 aliphatic carbocycles. The number of aromatic nitrogens is 2. The van der Waals surface area contributed by atoms with Crippen LogP contribution in [-0.2, 0) is 6.54 Å². The van der Waals surface area contributed by atoms with E-state index in [4.69, 9.17) is 0 Å². The van der Waals surface area contributed by atoms with Crippen LogP contribution in [0.3, 0.4) is 0 Å². The largest absolute Gasteiger partial charge is 0.305 e.